The second-order valence-corrected chi connectivity index (χ2v) is 6.66. The van der Waals surface area contributed by atoms with Crippen molar-refractivity contribution in [3.8, 4) is 17.2 Å². The average Bonchev–Trinajstić information content (AvgIpc) is 2.99. The number of rotatable bonds is 8. The Morgan fingerprint density at radius 3 is 2.47 bits per heavy atom. The van der Waals surface area contributed by atoms with E-state index in [4.69, 9.17) is 14.2 Å². The summed E-state index contributed by atoms with van der Waals surface area (Å²) in [5.74, 6) is 1.23. The van der Waals surface area contributed by atoms with E-state index in [-0.39, 0.29) is 0 Å². The molecule has 2 aromatic carbocycles. The molecule has 8 nitrogen and oxygen atoms in total. The van der Waals surface area contributed by atoms with Gasteiger partial charge in [-0.15, -0.1) is 5.01 Å². The summed E-state index contributed by atoms with van der Waals surface area (Å²) in [6.45, 7) is 5.59. The zero-order valence-corrected chi connectivity index (χ0v) is 17.0. The predicted molar refractivity (Wildman–Crippen MR) is 112 cm³/mol. The van der Waals surface area contributed by atoms with Crippen molar-refractivity contribution in [1.29, 1.82) is 0 Å². The molecule has 156 valence electrons. The highest BCUT2D eigenvalue weighted by molar-refractivity contribution is 6.07. The number of urea groups is 1. The summed E-state index contributed by atoms with van der Waals surface area (Å²) >= 11 is 0. The molecule has 0 saturated carbocycles. The number of imide groups is 1. The Hall–Kier alpha value is -3.81. The molecule has 8 heteroatoms. The summed E-state index contributed by atoms with van der Waals surface area (Å²) in [7, 11) is 3.08. The molecule has 1 heterocycles. The lowest BCUT2D eigenvalue weighted by Gasteiger charge is -2.21. The maximum atomic E-state index is 13.0. The van der Waals surface area contributed by atoms with E-state index < -0.39 is 17.5 Å². The van der Waals surface area contributed by atoms with E-state index in [0.717, 1.165) is 5.01 Å². The van der Waals surface area contributed by atoms with E-state index in [1.54, 1.807) is 62.6 Å². The highest BCUT2D eigenvalue weighted by Gasteiger charge is 2.49. The lowest BCUT2D eigenvalue weighted by atomic mass is 9.92. The molecule has 1 N–H and O–H groups in total. The van der Waals surface area contributed by atoms with Crippen molar-refractivity contribution in [1.82, 2.24) is 10.3 Å². The van der Waals surface area contributed by atoms with Crippen LogP contribution in [0.25, 0.3) is 0 Å². The third-order valence-corrected chi connectivity index (χ3v) is 4.70. The molecule has 0 radical (unpaired) electrons. The minimum atomic E-state index is -1.22. The van der Waals surface area contributed by atoms with Gasteiger partial charge in [0.2, 0.25) is 0 Å². The fourth-order valence-electron chi connectivity index (χ4n) is 3.01. The Kier molecular flexibility index (Phi) is 6.06. The second-order valence-electron chi connectivity index (χ2n) is 6.66. The van der Waals surface area contributed by atoms with Crippen molar-refractivity contribution < 1.29 is 23.8 Å². The van der Waals surface area contributed by atoms with Gasteiger partial charge in [-0.25, -0.2) is 4.79 Å². The van der Waals surface area contributed by atoms with Gasteiger partial charge in [-0.05, 0) is 48.4 Å². The topological polar surface area (TPSA) is 89.5 Å². The molecule has 1 aliphatic heterocycles. The van der Waals surface area contributed by atoms with Crippen LogP contribution in [0.2, 0.25) is 0 Å². The number of carbonyl (C=O) groups excluding carboxylic acids is 2. The molecular formula is C22H23N3O5. The van der Waals surface area contributed by atoms with Crippen molar-refractivity contribution in [2.24, 2.45) is 5.10 Å². The Morgan fingerprint density at radius 1 is 1.10 bits per heavy atom. The summed E-state index contributed by atoms with van der Waals surface area (Å²) in [5, 5.41) is 7.61. The third kappa shape index (κ3) is 3.98. The summed E-state index contributed by atoms with van der Waals surface area (Å²) in [5.41, 5.74) is 0.0435. The molecule has 0 spiro atoms. The Morgan fingerprint density at radius 2 is 1.83 bits per heavy atom. The van der Waals surface area contributed by atoms with Crippen LogP contribution in [0.5, 0.6) is 17.2 Å². The number of carbonyl (C=O) groups is 2. The molecule has 3 rings (SSSR count). The molecule has 1 unspecified atom stereocenters. The Balaban J connectivity index is 1.81. The SMILES string of the molecule is C=CCOc1ccc(/C=N/N2C(=O)NC(C)(c3ccc(OC)cc3)C2=O)cc1OC. The number of hydrogen-bond donors (Lipinski definition) is 1. The molecular weight excluding hydrogens is 386 g/mol. The number of nitrogens with one attached hydrogen (secondary N) is 1. The van der Waals surface area contributed by atoms with Crippen molar-refractivity contribution in [2.45, 2.75) is 12.5 Å². The fraction of sp³-hybridized carbons (Fsp3) is 0.227. The number of nitrogens with zero attached hydrogens (tertiary/aromatic N) is 2. The average molecular weight is 409 g/mol. The van der Waals surface area contributed by atoms with Gasteiger partial charge in [0.15, 0.2) is 11.5 Å². The van der Waals surface area contributed by atoms with E-state index in [9.17, 15) is 9.59 Å². The van der Waals surface area contributed by atoms with Gasteiger partial charge >= 0.3 is 6.03 Å². The summed E-state index contributed by atoms with van der Waals surface area (Å²) < 4.78 is 16.0. The second kappa shape index (κ2) is 8.69. The maximum absolute atomic E-state index is 13.0. The molecule has 30 heavy (non-hydrogen) atoms. The van der Waals surface area contributed by atoms with Crippen LogP contribution in [-0.2, 0) is 10.3 Å². The first-order chi connectivity index (χ1) is 14.4. The van der Waals surface area contributed by atoms with Crippen molar-refractivity contribution in [3.05, 3.63) is 66.2 Å². The van der Waals surface area contributed by atoms with Crippen molar-refractivity contribution in [3.63, 3.8) is 0 Å². The zero-order chi connectivity index (χ0) is 21.7. The van der Waals surface area contributed by atoms with Crippen LogP contribution < -0.4 is 19.5 Å². The van der Waals surface area contributed by atoms with Crippen molar-refractivity contribution in [2.75, 3.05) is 20.8 Å². The van der Waals surface area contributed by atoms with E-state index in [0.29, 0.717) is 35.0 Å². The molecule has 3 amide bonds. The van der Waals surface area contributed by atoms with Crippen molar-refractivity contribution >= 4 is 18.2 Å². The van der Waals surface area contributed by atoms with Gasteiger partial charge in [0, 0.05) is 0 Å². The van der Waals surface area contributed by atoms with Gasteiger partial charge in [-0.3, -0.25) is 4.79 Å². The number of hydrazone groups is 1. The summed E-state index contributed by atoms with van der Waals surface area (Å²) in [6, 6.07) is 11.5. The number of benzene rings is 2. The number of ether oxygens (including phenoxy) is 3. The van der Waals surface area contributed by atoms with Gasteiger partial charge < -0.3 is 19.5 Å². The number of amides is 3. The van der Waals surface area contributed by atoms with Gasteiger partial charge in [0.1, 0.15) is 17.9 Å². The van der Waals surface area contributed by atoms with E-state index in [1.165, 1.54) is 13.3 Å². The molecule has 2 aromatic rings. The molecule has 0 aliphatic carbocycles. The van der Waals surface area contributed by atoms with Crippen LogP contribution in [0.15, 0.2) is 60.2 Å². The first-order valence-electron chi connectivity index (χ1n) is 9.20. The standard InChI is InChI=1S/C22H23N3O5/c1-5-12-30-18-11-6-15(13-19(18)29-4)14-23-25-20(26)22(2,24-21(25)27)16-7-9-17(28-3)10-8-16/h5-11,13-14H,1,12H2,2-4H3,(H,24,27)/b23-14+. The highest BCUT2D eigenvalue weighted by atomic mass is 16.5. The van der Waals surface area contributed by atoms with Crippen LogP contribution in [0.4, 0.5) is 4.79 Å². The number of hydrogen-bond acceptors (Lipinski definition) is 6. The number of methoxy groups -OCH3 is 2. The summed E-state index contributed by atoms with van der Waals surface area (Å²) in [4.78, 5) is 25.4. The molecule has 1 saturated heterocycles. The van der Waals surface area contributed by atoms with Crippen LogP contribution in [0.1, 0.15) is 18.1 Å². The molecule has 0 aromatic heterocycles. The molecule has 0 bridgehead atoms. The quantitative estimate of drug-likeness (QED) is 0.411. The Labute approximate surface area is 174 Å². The van der Waals surface area contributed by atoms with Gasteiger partial charge in [-0.1, -0.05) is 24.8 Å². The zero-order valence-electron chi connectivity index (χ0n) is 17.0. The first-order valence-corrected chi connectivity index (χ1v) is 9.20. The minimum absolute atomic E-state index is 0.343. The van der Waals surface area contributed by atoms with Crippen LogP contribution >= 0.6 is 0 Å². The minimum Gasteiger partial charge on any atom is -0.497 e. The smallest absolute Gasteiger partial charge is 0.346 e. The largest absolute Gasteiger partial charge is 0.497 e. The van der Waals surface area contributed by atoms with E-state index >= 15 is 0 Å². The van der Waals surface area contributed by atoms with Crippen LogP contribution in [0.3, 0.4) is 0 Å². The van der Waals surface area contributed by atoms with Gasteiger partial charge in [-0.2, -0.15) is 5.10 Å². The predicted octanol–water partition coefficient (Wildman–Crippen LogP) is 3.07. The monoisotopic (exact) mass is 409 g/mol. The lowest BCUT2D eigenvalue weighted by Crippen LogP contribution is -2.40. The highest BCUT2D eigenvalue weighted by Crippen LogP contribution is 2.31. The van der Waals surface area contributed by atoms with E-state index in [1.807, 2.05) is 0 Å². The Bertz CT molecular complexity index is 987. The maximum Gasteiger partial charge on any atom is 0.346 e. The molecule has 1 aliphatic rings. The molecule has 1 atom stereocenters. The van der Waals surface area contributed by atoms with E-state index in [2.05, 4.69) is 17.0 Å². The summed E-state index contributed by atoms with van der Waals surface area (Å²) in [6.07, 6.45) is 3.04. The van der Waals surface area contributed by atoms with Crippen LogP contribution in [0, 0.1) is 0 Å². The fourth-order valence-corrected chi connectivity index (χ4v) is 3.01. The van der Waals surface area contributed by atoms with Gasteiger partial charge in [0.05, 0.1) is 20.4 Å². The van der Waals surface area contributed by atoms with Crippen LogP contribution in [-0.4, -0.2) is 44.0 Å². The molecule has 1 fully saturated rings. The third-order valence-electron chi connectivity index (χ3n) is 4.70. The lowest BCUT2D eigenvalue weighted by molar-refractivity contribution is -0.131. The first kappa shape index (κ1) is 20.9. The van der Waals surface area contributed by atoms with Gasteiger partial charge in [0.25, 0.3) is 5.91 Å². The normalized spacial score (nSPS) is 18.4.